The molecule has 4 nitrogen and oxygen atoms in total. The molecule has 0 saturated heterocycles. The summed E-state index contributed by atoms with van der Waals surface area (Å²) in [6, 6.07) is 13.0. The monoisotopic (exact) mass is 281 g/mol. The summed E-state index contributed by atoms with van der Waals surface area (Å²) < 4.78 is 22.8. The summed E-state index contributed by atoms with van der Waals surface area (Å²) >= 11 is 1.28. The number of phenols is 1. The molecule has 94 valence electrons. The van der Waals surface area contributed by atoms with Crippen LogP contribution in [0.15, 0.2) is 63.2 Å². The molecule has 2 aromatic carbocycles. The van der Waals surface area contributed by atoms with Gasteiger partial charge in [0.15, 0.2) is 0 Å². The maximum absolute atomic E-state index is 11.4. The summed E-state index contributed by atoms with van der Waals surface area (Å²) in [5, 5.41) is 14.3. The Morgan fingerprint density at radius 3 is 2.22 bits per heavy atom. The topological polar surface area (TPSA) is 80.4 Å². The minimum Gasteiger partial charge on any atom is -0.508 e. The first kappa shape index (κ1) is 12.9. The molecule has 0 heterocycles. The van der Waals surface area contributed by atoms with Crippen molar-refractivity contribution in [1.82, 2.24) is 0 Å². The van der Waals surface area contributed by atoms with Gasteiger partial charge < -0.3 is 5.11 Å². The molecule has 0 aliphatic rings. The van der Waals surface area contributed by atoms with Gasteiger partial charge in [-0.2, -0.15) is 0 Å². The Hall–Kier alpha value is -1.50. The molecule has 0 spiro atoms. The molecule has 0 aliphatic carbocycles. The van der Waals surface area contributed by atoms with Crippen LogP contribution < -0.4 is 5.14 Å². The number of aromatic hydroxyl groups is 1. The van der Waals surface area contributed by atoms with Gasteiger partial charge in [0, 0.05) is 9.79 Å². The number of hydrogen-bond donors (Lipinski definition) is 2. The van der Waals surface area contributed by atoms with Crippen molar-refractivity contribution in [2.75, 3.05) is 0 Å². The number of rotatable bonds is 3. The standard InChI is InChI=1S/C12H11NO3S2/c13-18(15,16)12-4-2-1-3-11(12)17-10-7-5-9(14)6-8-10/h1-8,14H,(H2,13,15,16). The third-order valence-corrected chi connectivity index (χ3v) is 4.40. The molecule has 18 heavy (non-hydrogen) atoms. The summed E-state index contributed by atoms with van der Waals surface area (Å²) in [6.45, 7) is 0. The third-order valence-electron chi connectivity index (χ3n) is 2.22. The number of primary sulfonamides is 1. The van der Waals surface area contributed by atoms with Crippen molar-refractivity contribution in [2.24, 2.45) is 5.14 Å². The Morgan fingerprint density at radius 1 is 1.00 bits per heavy atom. The second-order valence-corrected chi connectivity index (χ2v) is 6.23. The van der Waals surface area contributed by atoms with Crippen LogP contribution in [-0.4, -0.2) is 13.5 Å². The average molecular weight is 281 g/mol. The lowest BCUT2D eigenvalue weighted by molar-refractivity contribution is 0.475. The van der Waals surface area contributed by atoms with E-state index in [-0.39, 0.29) is 10.6 Å². The van der Waals surface area contributed by atoms with E-state index in [2.05, 4.69) is 0 Å². The highest BCUT2D eigenvalue weighted by Crippen LogP contribution is 2.32. The van der Waals surface area contributed by atoms with E-state index >= 15 is 0 Å². The molecule has 3 N–H and O–H groups in total. The van der Waals surface area contributed by atoms with Gasteiger partial charge in [-0.15, -0.1) is 0 Å². The highest BCUT2D eigenvalue weighted by molar-refractivity contribution is 8.00. The molecule has 0 unspecified atom stereocenters. The second-order valence-electron chi connectivity index (χ2n) is 3.59. The van der Waals surface area contributed by atoms with E-state index < -0.39 is 10.0 Å². The first-order valence-electron chi connectivity index (χ1n) is 5.05. The van der Waals surface area contributed by atoms with E-state index in [1.165, 1.54) is 17.8 Å². The van der Waals surface area contributed by atoms with E-state index in [1.54, 1.807) is 42.5 Å². The maximum atomic E-state index is 11.4. The smallest absolute Gasteiger partial charge is 0.239 e. The normalized spacial score (nSPS) is 11.4. The van der Waals surface area contributed by atoms with Crippen LogP contribution in [0.2, 0.25) is 0 Å². The van der Waals surface area contributed by atoms with Gasteiger partial charge in [-0.05, 0) is 36.4 Å². The van der Waals surface area contributed by atoms with Crippen LogP contribution in [0.3, 0.4) is 0 Å². The number of phenolic OH excluding ortho intramolecular Hbond substituents is 1. The molecule has 0 fully saturated rings. The molecule has 0 radical (unpaired) electrons. The predicted octanol–water partition coefficient (Wildman–Crippen LogP) is 2.19. The lowest BCUT2D eigenvalue weighted by atomic mass is 10.3. The van der Waals surface area contributed by atoms with Crippen LogP contribution in [0.1, 0.15) is 0 Å². The first-order valence-corrected chi connectivity index (χ1v) is 7.42. The van der Waals surface area contributed by atoms with Crippen LogP contribution >= 0.6 is 11.8 Å². The summed E-state index contributed by atoms with van der Waals surface area (Å²) in [7, 11) is -3.73. The Balaban J connectivity index is 2.38. The quantitative estimate of drug-likeness (QED) is 0.903. The van der Waals surface area contributed by atoms with E-state index in [9.17, 15) is 13.5 Å². The molecule has 2 rings (SSSR count). The maximum Gasteiger partial charge on any atom is 0.239 e. The van der Waals surface area contributed by atoms with E-state index in [1.807, 2.05) is 0 Å². The van der Waals surface area contributed by atoms with Gasteiger partial charge in [0.1, 0.15) is 5.75 Å². The van der Waals surface area contributed by atoms with Crippen LogP contribution in [-0.2, 0) is 10.0 Å². The number of sulfonamides is 1. The van der Waals surface area contributed by atoms with Crippen molar-refractivity contribution in [3.8, 4) is 5.75 Å². The fourth-order valence-electron chi connectivity index (χ4n) is 1.41. The van der Waals surface area contributed by atoms with Crippen molar-refractivity contribution in [3.63, 3.8) is 0 Å². The minimum absolute atomic E-state index is 0.100. The molecule has 0 amide bonds. The van der Waals surface area contributed by atoms with Crippen LogP contribution in [0.4, 0.5) is 0 Å². The fraction of sp³-hybridized carbons (Fsp3) is 0. The van der Waals surface area contributed by atoms with Gasteiger partial charge in [-0.1, -0.05) is 23.9 Å². The highest BCUT2D eigenvalue weighted by atomic mass is 32.2. The Labute approximate surface area is 110 Å². The largest absolute Gasteiger partial charge is 0.508 e. The molecule has 6 heteroatoms. The number of benzene rings is 2. The molecular weight excluding hydrogens is 270 g/mol. The lowest BCUT2D eigenvalue weighted by Crippen LogP contribution is -2.13. The molecule has 0 saturated carbocycles. The van der Waals surface area contributed by atoms with Crippen molar-refractivity contribution in [3.05, 3.63) is 48.5 Å². The number of hydrogen-bond acceptors (Lipinski definition) is 4. The van der Waals surface area contributed by atoms with Gasteiger partial charge >= 0.3 is 0 Å². The zero-order valence-corrected chi connectivity index (χ0v) is 10.9. The zero-order chi connectivity index (χ0) is 13.2. The van der Waals surface area contributed by atoms with Crippen LogP contribution in [0, 0.1) is 0 Å². The summed E-state index contributed by atoms with van der Waals surface area (Å²) in [5.41, 5.74) is 0. The molecular formula is C12H11NO3S2. The summed E-state index contributed by atoms with van der Waals surface area (Å²) in [4.78, 5) is 1.48. The van der Waals surface area contributed by atoms with Crippen molar-refractivity contribution >= 4 is 21.8 Å². The average Bonchev–Trinajstić information content (AvgIpc) is 2.31. The first-order chi connectivity index (χ1) is 8.47. The van der Waals surface area contributed by atoms with Gasteiger partial charge in [0.05, 0.1) is 4.90 Å². The molecule has 0 atom stereocenters. The molecule has 0 bridgehead atoms. The zero-order valence-electron chi connectivity index (χ0n) is 9.28. The molecule has 2 aromatic rings. The van der Waals surface area contributed by atoms with E-state index in [0.717, 1.165) is 4.90 Å². The summed E-state index contributed by atoms with van der Waals surface area (Å²) in [6.07, 6.45) is 0. The van der Waals surface area contributed by atoms with Crippen molar-refractivity contribution < 1.29 is 13.5 Å². The van der Waals surface area contributed by atoms with Crippen LogP contribution in [0.5, 0.6) is 5.75 Å². The van der Waals surface area contributed by atoms with Gasteiger partial charge in [0.2, 0.25) is 10.0 Å². The molecule has 0 aliphatic heterocycles. The number of nitrogens with two attached hydrogens (primary N) is 1. The van der Waals surface area contributed by atoms with Crippen molar-refractivity contribution in [1.29, 1.82) is 0 Å². The van der Waals surface area contributed by atoms with Gasteiger partial charge in [-0.3, -0.25) is 0 Å². The fourth-order valence-corrected chi connectivity index (χ4v) is 3.34. The van der Waals surface area contributed by atoms with Gasteiger partial charge in [0.25, 0.3) is 0 Å². The molecule has 0 aromatic heterocycles. The predicted molar refractivity (Wildman–Crippen MR) is 70.0 cm³/mol. The van der Waals surface area contributed by atoms with Crippen LogP contribution in [0.25, 0.3) is 0 Å². The lowest BCUT2D eigenvalue weighted by Gasteiger charge is -2.07. The SMILES string of the molecule is NS(=O)(=O)c1ccccc1Sc1ccc(O)cc1. The Bertz CT molecular complexity index is 651. The Morgan fingerprint density at radius 2 is 1.61 bits per heavy atom. The van der Waals surface area contributed by atoms with Crippen molar-refractivity contribution in [2.45, 2.75) is 14.7 Å². The Kier molecular flexibility index (Phi) is 3.60. The summed E-state index contributed by atoms with van der Waals surface area (Å²) in [5.74, 6) is 0.166. The minimum atomic E-state index is -3.73. The van der Waals surface area contributed by atoms with E-state index in [4.69, 9.17) is 5.14 Å². The highest BCUT2D eigenvalue weighted by Gasteiger charge is 2.13. The van der Waals surface area contributed by atoms with E-state index in [0.29, 0.717) is 4.90 Å². The third kappa shape index (κ3) is 3.04. The van der Waals surface area contributed by atoms with Gasteiger partial charge in [-0.25, -0.2) is 13.6 Å². The second kappa shape index (κ2) is 5.01.